The monoisotopic (exact) mass is 285 g/mol. The fraction of sp³-hybridized carbons (Fsp3) is 0.368. The van der Waals surface area contributed by atoms with Crippen molar-refractivity contribution >= 4 is 11.6 Å². The Hall–Kier alpha value is -1.27. The maximum atomic E-state index is 6.21. The second kappa shape index (κ2) is 6.01. The van der Waals surface area contributed by atoms with Crippen molar-refractivity contribution in [1.29, 1.82) is 0 Å². The molecule has 0 unspecified atom stereocenters. The van der Waals surface area contributed by atoms with Crippen LogP contribution in [0.2, 0.25) is 5.02 Å². The molecule has 0 heterocycles. The van der Waals surface area contributed by atoms with E-state index in [2.05, 4.69) is 52.0 Å². The van der Waals surface area contributed by atoms with Gasteiger partial charge in [0.2, 0.25) is 0 Å². The highest BCUT2D eigenvalue weighted by Gasteiger charge is 2.15. The molecule has 0 bridgehead atoms. The maximum Gasteiger partial charge on any atom is 0.0415 e. The first kappa shape index (κ1) is 15.1. The second-order valence-electron chi connectivity index (χ2n) is 6.01. The minimum atomic E-state index is 0.483. The summed E-state index contributed by atoms with van der Waals surface area (Å²) in [5.41, 5.74) is 6.28. The highest BCUT2D eigenvalue weighted by atomic mass is 35.5. The van der Waals surface area contributed by atoms with E-state index in [0.29, 0.717) is 11.8 Å². The summed E-state index contributed by atoms with van der Waals surface area (Å²) in [5, 5.41) is 0.779. The Morgan fingerprint density at radius 1 is 1.00 bits per heavy atom. The molecule has 0 aliphatic rings. The molecule has 0 aromatic heterocycles. The number of rotatable bonds is 3. The van der Waals surface area contributed by atoms with Crippen LogP contribution in [0.3, 0.4) is 0 Å². The molecule has 0 fully saturated rings. The topological polar surface area (TPSA) is 0 Å². The van der Waals surface area contributed by atoms with E-state index in [1.165, 1.54) is 16.7 Å². The van der Waals surface area contributed by atoms with Gasteiger partial charge in [-0.05, 0) is 64.8 Å². The zero-order valence-corrected chi connectivity index (χ0v) is 13.7. The van der Waals surface area contributed by atoms with Gasteiger partial charge in [-0.2, -0.15) is 0 Å². The van der Waals surface area contributed by atoms with Crippen LogP contribution in [0, 0.1) is 13.0 Å². The summed E-state index contributed by atoms with van der Waals surface area (Å²) in [5.74, 6) is 1.00. The molecular weight excluding hydrogens is 264 g/mol. The third kappa shape index (κ3) is 3.07. The van der Waals surface area contributed by atoms with Gasteiger partial charge in [-0.15, -0.1) is 0 Å². The fourth-order valence-corrected chi connectivity index (χ4v) is 3.05. The lowest BCUT2D eigenvalue weighted by Crippen LogP contribution is -2.01. The summed E-state index contributed by atoms with van der Waals surface area (Å²) in [6, 6.07) is 14.0. The van der Waals surface area contributed by atoms with Crippen molar-refractivity contribution in [3.63, 3.8) is 0 Å². The van der Waals surface area contributed by atoms with Gasteiger partial charge in [0.05, 0.1) is 0 Å². The molecule has 0 aliphatic carbocycles. The van der Waals surface area contributed by atoms with Gasteiger partial charge in [0.15, 0.2) is 0 Å². The van der Waals surface area contributed by atoms with E-state index in [-0.39, 0.29) is 0 Å². The van der Waals surface area contributed by atoms with Crippen LogP contribution in [0.4, 0.5) is 0 Å². The van der Waals surface area contributed by atoms with Crippen LogP contribution in [0.25, 0.3) is 11.1 Å². The Morgan fingerprint density at radius 2 is 1.70 bits per heavy atom. The third-order valence-electron chi connectivity index (χ3n) is 3.60. The quantitative estimate of drug-likeness (QED) is 0.615. The Kier molecular flexibility index (Phi) is 4.55. The molecule has 2 aromatic carbocycles. The molecule has 20 heavy (non-hydrogen) atoms. The molecule has 2 rings (SSSR count). The zero-order chi connectivity index (χ0) is 14.9. The van der Waals surface area contributed by atoms with E-state index < -0.39 is 0 Å². The Labute approximate surface area is 127 Å². The minimum Gasteiger partial charge on any atom is -0.0843 e. The van der Waals surface area contributed by atoms with E-state index in [9.17, 15) is 0 Å². The van der Waals surface area contributed by atoms with Crippen molar-refractivity contribution < 1.29 is 0 Å². The van der Waals surface area contributed by atoms with Crippen molar-refractivity contribution in [2.24, 2.45) is 0 Å². The van der Waals surface area contributed by atoms with Crippen molar-refractivity contribution in [3.05, 3.63) is 58.1 Å². The molecule has 0 atom stereocenters. The second-order valence-corrected chi connectivity index (χ2v) is 6.45. The number of hydrogen-bond acceptors (Lipinski definition) is 0. The number of hydrogen-bond donors (Lipinski definition) is 0. The summed E-state index contributed by atoms with van der Waals surface area (Å²) in [6.07, 6.45) is 0. The predicted octanol–water partition coefficient (Wildman–Crippen LogP) is 6.36. The van der Waals surface area contributed by atoms with Crippen LogP contribution in [0.1, 0.15) is 56.2 Å². The summed E-state index contributed by atoms with van der Waals surface area (Å²) >= 11 is 6.21. The van der Waals surface area contributed by atoms with Gasteiger partial charge in [-0.1, -0.05) is 57.5 Å². The van der Waals surface area contributed by atoms with E-state index in [0.717, 1.165) is 16.1 Å². The van der Waals surface area contributed by atoms with E-state index in [1.54, 1.807) is 0 Å². The highest BCUT2D eigenvalue weighted by molar-refractivity contribution is 6.30. The van der Waals surface area contributed by atoms with Crippen LogP contribution in [0.15, 0.2) is 30.3 Å². The van der Waals surface area contributed by atoms with Crippen molar-refractivity contribution in [3.8, 4) is 11.1 Å². The highest BCUT2D eigenvalue weighted by Crippen LogP contribution is 2.36. The summed E-state index contributed by atoms with van der Waals surface area (Å²) in [6.45, 7) is 11.0. The lowest BCUT2D eigenvalue weighted by Gasteiger charge is -2.20. The normalized spacial score (nSPS) is 11.4. The summed E-state index contributed by atoms with van der Waals surface area (Å²) in [4.78, 5) is 0. The zero-order valence-electron chi connectivity index (χ0n) is 12.9. The lowest BCUT2D eigenvalue weighted by molar-refractivity contribution is 0.792. The largest absolute Gasteiger partial charge is 0.0843 e. The molecule has 0 saturated carbocycles. The maximum absolute atomic E-state index is 6.21. The van der Waals surface area contributed by atoms with E-state index >= 15 is 0 Å². The summed E-state index contributed by atoms with van der Waals surface area (Å²) in [7, 11) is 0. The SMILES string of the molecule is Cc1[c]c(-c2cccc(C(C)C)c2C(C)C)cc(Cl)c1. The molecule has 0 amide bonds. The number of benzene rings is 2. The van der Waals surface area contributed by atoms with Gasteiger partial charge in [-0.3, -0.25) is 0 Å². The lowest BCUT2D eigenvalue weighted by atomic mass is 9.84. The Bertz CT molecular complexity index is 589. The molecule has 0 aliphatic heterocycles. The Balaban J connectivity index is 2.70. The molecule has 2 aromatic rings. The first-order chi connectivity index (χ1) is 9.40. The molecule has 0 nitrogen and oxygen atoms in total. The van der Waals surface area contributed by atoms with Crippen molar-refractivity contribution in [1.82, 2.24) is 0 Å². The van der Waals surface area contributed by atoms with Crippen molar-refractivity contribution in [2.45, 2.75) is 46.5 Å². The predicted molar refractivity (Wildman–Crippen MR) is 88.6 cm³/mol. The molecular formula is C19H22Cl. The molecule has 105 valence electrons. The minimum absolute atomic E-state index is 0.483. The smallest absolute Gasteiger partial charge is 0.0415 e. The van der Waals surface area contributed by atoms with Crippen LogP contribution >= 0.6 is 11.6 Å². The molecule has 0 N–H and O–H groups in total. The number of aryl methyl sites for hydroxylation is 1. The average Bonchev–Trinajstić information content (AvgIpc) is 2.36. The van der Waals surface area contributed by atoms with Gasteiger partial charge >= 0.3 is 0 Å². The van der Waals surface area contributed by atoms with Crippen LogP contribution in [-0.2, 0) is 0 Å². The number of halogens is 1. The van der Waals surface area contributed by atoms with Gasteiger partial charge in [0.25, 0.3) is 0 Å². The van der Waals surface area contributed by atoms with Crippen LogP contribution in [0.5, 0.6) is 0 Å². The average molecular weight is 286 g/mol. The molecule has 0 spiro atoms. The first-order valence-electron chi connectivity index (χ1n) is 7.22. The van der Waals surface area contributed by atoms with Crippen molar-refractivity contribution in [2.75, 3.05) is 0 Å². The van der Waals surface area contributed by atoms with E-state index in [1.807, 2.05) is 19.1 Å². The first-order valence-corrected chi connectivity index (χ1v) is 7.60. The van der Waals surface area contributed by atoms with E-state index in [4.69, 9.17) is 11.6 Å². The molecule has 1 heteroatoms. The summed E-state index contributed by atoms with van der Waals surface area (Å²) < 4.78 is 0. The van der Waals surface area contributed by atoms with Gasteiger partial charge < -0.3 is 0 Å². The third-order valence-corrected chi connectivity index (χ3v) is 3.82. The molecule has 0 saturated heterocycles. The van der Waals surface area contributed by atoms with Crippen LogP contribution in [-0.4, -0.2) is 0 Å². The fourth-order valence-electron chi connectivity index (χ4n) is 2.78. The van der Waals surface area contributed by atoms with Gasteiger partial charge in [0.1, 0.15) is 0 Å². The van der Waals surface area contributed by atoms with Crippen LogP contribution < -0.4 is 0 Å². The molecule has 1 radical (unpaired) electrons. The van der Waals surface area contributed by atoms with Gasteiger partial charge in [0, 0.05) is 5.02 Å². The Morgan fingerprint density at radius 3 is 2.25 bits per heavy atom. The van der Waals surface area contributed by atoms with Gasteiger partial charge in [-0.25, -0.2) is 0 Å². The standard InChI is InChI=1S/C19H22Cl/c1-12(2)17-7-6-8-18(19(17)13(3)4)15-9-14(5)10-16(20)11-15/h6-8,10-13H,1-5H3.